The van der Waals surface area contributed by atoms with Gasteiger partial charge in [-0.05, 0) is 32.6 Å². The molecule has 1 amide bonds. The van der Waals surface area contributed by atoms with Crippen molar-refractivity contribution >= 4 is 5.91 Å². The summed E-state index contributed by atoms with van der Waals surface area (Å²) in [6.07, 6.45) is 7.00. The first-order valence-electron chi connectivity index (χ1n) is 6.00. The van der Waals surface area contributed by atoms with E-state index in [4.69, 9.17) is 5.73 Å². The first-order valence-corrected chi connectivity index (χ1v) is 6.00. The van der Waals surface area contributed by atoms with E-state index in [0.717, 1.165) is 25.7 Å². The number of hydrogen-bond donors (Lipinski definition) is 2. The number of nitrogens with one attached hydrogen (secondary N) is 1. The number of nitrogens with zero attached hydrogens (tertiary/aromatic N) is 2. The van der Waals surface area contributed by atoms with Gasteiger partial charge in [-0.2, -0.15) is 0 Å². The lowest BCUT2D eigenvalue weighted by molar-refractivity contribution is 0.0925. The van der Waals surface area contributed by atoms with Crippen molar-refractivity contribution in [3.8, 4) is 0 Å². The Labute approximate surface area is 101 Å². The van der Waals surface area contributed by atoms with Gasteiger partial charge in [0.15, 0.2) is 0 Å². The molecule has 92 valence electrons. The van der Waals surface area contributed by atoms with Gasteiger partial charge in [0.2, 0.25) is 0 Å². The molecule has 2 rings (SSSR count). The van der Waals surface area contributed by atoms with Gasteiger partial charge in [0.25, 0.3) is 5.91 Å². The van der Waals surface area contributed by atoms with E-state index in [-0.39, 0.29) is 11.9 Å². The van der Waals surface area contributed by atoms with Crippen LogP contribution in [0.5, 0.6) is 0 Å². The minimum atomic E-state index is -0.0922. The molecule has 17 heavy (non-hydrogen) atoms. The first-order chi connectivity index (χ1) is 8.15. The summed E-state index contributed by atoms with van der Waals surface area (Å²) >= 11 is 0. The van der Waals surface area contributed by atoms with E-state index in [1.54, 1.807) is 19.3 Å². The summed E-state index contributed by atoms with van der Waals surface area (Å²) in [4.78, 5) is 19.9. The van der Waals surface area contributed by atoms with Gasteiger partial charge in [-0.1, -0.05) is 0 Å². The van der Waals surface area contributed by atoms with Crippen molar-refractivity contribution in [2.24, 2.45) is 5.73 Å². The molecule has 0 unspecified atom stereocenters. The highest BCUT2D eigenvalue weighted by atomic mass is 16.1. The highest BCUT2D eigenvalue weighted by molar-refractivity contribution is 5.93. The van der Waals surface area contributed by atoms with Gasteiger partial charge >= 0.3 is 0 Å². The molecule has 1 aliphatic rings. The minimum absolute atomic E-state index is 0.0922. The molecule has 0 saturated heterocycles. The highest BCUT2D eigenvalue weighted by Crippen LogP contribution is 2.17. The van der Waals surface area contributed by atoms with Crippen molar-refractivity contribution in [1.29, 1.82) is 0 Å². The van der Waals surface area contributed by atoms with Crippen LogP contribution in [-0.4, -0.2) is 28.0 Å². The maximum Gasteiger partial charge on any atom is 0.254 e. The molecule has 1 aromatic heterocycles. The van der Waals surface area contributed by atoms with E-state index in [2.05, 4.69) is 15.3 Å². The van der Waals surface area contributed by atoms with E-state index in [0.29, 0.717) is 17.4 Å². The normalized spacial score (nSPS) is 24.4. The van der Waals surface area contributed by atoms with Crippen LogP contribution in [0.1, 0.15) is 41.9 Å². The number of nitrogens with two attached hydrogens (primary N) is 1. The fraction of sp³-hybridized carbons (Fsp3) is 0.583. The molecule has 1 aliphatic carbocycles. The molecule has 0 aromatic carbocycles. The lowest BCUT2D eigenvalue weighted by Gasteiger charge is -2.26. The monoisotopic (exact) mass is 234 g/mol. The molecule has 0 bridgehead atoms. The zero-order chi connectivity index (χ0) is 12.3. The van der Waals surface area contributed by atoms with Gasteiger partial charge in [0.05, 0.1) is 5.56 Å². The van der Waals surface area contributed by atoms with Crippen molar-refractivity contribution in [3.63, 3.8) is 0 Å². The number of hydrogen-bond acceptors (Lipinski definition) is 4. The van der Waals surface area contributed by atoms with E-state index in [1.807, 2.05) is 0 Å². The average Bonchev–Trinajstić information content (AvgIpc) is 2.33. The topological polar surface area (TPSA) is 80.9 Å². The molecule has 1 fully saturated rings. The van der Waals surface area contributed by atoms with Crippen molar-refractivity contribution in [2.45, 2.75) is 44.7 Å². The number of aryl methyl sites for hydroxylation is 1. The second kappa shape index (κ2) is 5.23. The second-order valence-electron chi connectivity index (χ2n) is 4.60. The van der Waals surface area contributed by atoms with Gasteiger partial charge in [-0.25, -0.2) is 9.97 Å². The van der Waals surface area contributed by atoms with Crippen molar-refractivity contribution < 1.29 is 4.79 Å². The summed E-state index contributed by atoms with van der Waals surface area (Å²) in [6.45, 7) is 1.80. The van der Waals surface area contributed by atoms with Crippen LogP contribution < -0.4 is 11.1 Å². The lowest BCUT2D eigenvalue weighted by atomic mass is 9.92. The third kappa shape index (κ3) is 3.23. The molecular weight excluding hydrogens is 216 g/mol. The van der Waals surface area contributed by atoms with Gasteiger partial charge in [-0.15, -0.1) is 0 Å². The number of amides is 1. The number of rotatable bonds is 2. The van der Waals surface area contributed by atoms with Crippen LogP contribution in [0.25, 0.3) is 0 Å². The third-order valence-electron chi connectivity index (χ3n) is 3.15. The SMILES string of the molecule is Cc1ncc(C(=O)NC2CCC(N)CC2)cn1. The van der Waals surface area contributed by atoms with Gasteiger partial charge < -0.3 is 11.1 Å². The van der Waals surface area contributed by atoms with Crippen LogP contribution in [-0.2, 0) is 0 Å². The zero-order valence-corrected chi connectivity index (χ0v) is 10.0. The molecular formula is C12H18N4O. The smallest absolute Gasteiger partial charge is 0.254 e. The Morgan fingerprint density at radius 1 is 1.29 bits per heavy atom. The summed E-state index contributed by atoms with van der Waals surface area (Å²) in [5, 5.41) is 3.00. The predicted molar refractivity (Wildman–Crippen MR) is 64.5 cm³/mol. The van der Waals surface area contributed by atoms with Crippen LogP contribution in [0.3, 0.4) is 0 Å². The maximum atomic E-state index is 11.9. The Morgan fingerprint density at radius 3 is 2.47 bits per heavy atom. The van der Waals surface area contributed by atoms with Crippen molar-refractivity contribution in [1.82, 2.24) is 15.3 Å². The van der Waals surface area contributed by atoms with Crippen LogP contribution in [0.15, 0.2) is 12.4 Å². The minimum Gasteiger partial charge on any atom is -0.349 e. The third-order valence-corrected chi connectivity index (χ3v) is 3.15. The molecule has 1 heterocycles. The number of carbonyl (C=O) groups excluding carboxylic acids is 1. The summed E-state index contributed by atoms with van der Waals surface area (Å²) in [5.74, 6) is 0.579. The predicted octanol–water partition coefficient (Wildman–Crippen LogP) is 0.785. The summed E-state index contributed by atoms with van der Waals surface area (Å²) in [6, 6.07) is 0.537. The molecule has 0 aliphatic heterocycles. The van der Waals surface area contributed by atoms with Crippen LogP contribution in [0.4, 0.5) is 0 Å². The Bertz CT molecular complexity index is 382. The van der Waals surface area contributed by atoms with E-state index in [9.17, 15) is 4.79 Å². The molecule has 1 aromatic rings. The summed E-state index contributed by atoms with van der Waals surface area (Å²) in [5.41, 5.74) is 6.34. The fourth-order valence-corrected chi connectivity index (χ4v) is 2.04. The Balaban J connectivity index is 1.91. The van der Waals surface area contributed by atoms with Crippen molar-refractivity contribution in [3.05, 3.63) is 23.8 Å². The van der Waals surface area contributed by atoms with E-state index >= 15 is 0 Å². The van der Waals surface area contributed by atoms with Crippen LogP contribution in [0.2, 0.25) is 0 Å². The number of carbonyl (C=O) groups is 1. The molecule has 5 nitrogen and oxygen atoms in total. The number of aromatic nitrogens is 2. The molecule has 5 heteroatoms. The highest BCUT2D eigenvalue weighted by Gasteiger charge is 2.20. The molecule has 0 spiro atoms. The standard InChI is InChI=1S/C12H18N4O/c1-8-14-6-9(7-15-8)12(17)16-11-4-2-10(13)3-5-11/h6-7,10-11H,2-5,13H2,1H3,(H,16,17). The lowest BCUT2D eigenvalue weighted by Crippen LogP contribution is -2.40. The van der Waals surface area contributed by atoms with Gasteiger partial charge in [0.1, 0.15) is 5.82 Å². The molecule has 0 radical (unpaired) electrons. The Morgan fingerprint density at radius 2 is 1.88 bits per heavy atom. The van der Waals surface area contributed by atoms with E-state index in [1.165, 1.54) is 0 Å². The summed E-state index contributed by atoms with van der Waals surface area (Å²) in [7, 11) is 0. The quantitative estimate of drug-likeness (QED) is 0.792. The van der Waals surface area contributed by atoms with Crippen LogP contribution in [0, 0.1) is 6.92 Å². The molecule has 3 N–H and O–H groups in total. The summed E-state index contributed by atoms with van der Waals surface area (Å²) < 4.78 is 0. The van der Waals surface area contributed by atoms with Crippen LogP contribution >= 0.6 is 0 Å². The zero-order valence-electron chi connectivity index (χ0n) is 10.0. The molecule has 1 saturated carbocycles. The van der Waals surface area contributed by atoms with Crippen molar-refractivity contribution in [2.75, 3.05) is 0 Å². The second-order valence-corrected chi connectivity index (χ2v) is 4.60. The molecule has 0 atom stereocenters. The van der Waals surface area contributed by atoms with Gasteiger partial charge in [0, 0.05) is 24.5 Å². The maximum absolute atomic E-state index is 11.9. The Hall–Kier alpha value is -1.49. The average molecular weight is 234 g/mol. The first kappa shape index (κ1) is 12.0. The largest absolute Gasteiger partial charge is 0.349 e. The Kier molecular flexibility index (Phi) is 3.68. The fourth-order valence-electron chi connectivity index (χ4n) is 2.04. The van der Waals surface area contributed by atoms with Gasteiger partial charge in [-0.3, -0.25) is 4.79 Å². The van der Waals surface area contributed by atoms with E-state index < -0.39 is 0 Å².